The summed E-state index contributed by atoms with van der Waals surface area (Å²) in [6.45, 7) is 2.00. The van der Waals surface area contributed by atoms with E-state index < -0.39 is 0 Å². The Balaban J connectivity index is 2.22. The first-order chi connectivity index (χ1) is 8.63. The number of hydrogen-bond acceptors (Lipinski definition) is 2. The van der Waals surface area contributed by atoms with Crippen molar-refractivity contribution in [2.75, 3.05) is 0 Å². The number of aromatic amines is 1. The minimum Gasteiger partial charge on any atom is -0.337 e. The van der Waals surface area contributed by atoms with Gasteiger partial charge in [-0.15, -0.1) is 0 Å². The fourth-order valence-corrected chi connectivity index (χ4v) is 2.42. The van der Waals surface area contributed by atoms with E-state index in [9.17, 15) is 0 Å². The lowest BCUT2D eigenvalue weighted by atomic mass is 10.2. The summed E-state index contributed by atoms with van der Waals surface area (Å²) in [4.78, 5) is 12.0. The van der Waals surface area contributed by atoms with Crippen LogP contribution in [0.1, 0.15) is 5.56 Å². The summed E-state index contributed by atoms with van der Waals surface area (Å²) in [7, 11) is 0. The van der Waals surface area contributed by atoms with Crippen molar-refractivity contribution in [3.8, 4) is 11.4 Å². The van der Waals surface area contributed by atoms with Crippen molar-refractivity contribution in [2.24, 2.45) is 0 Å². The van der Waals surface area contributed by atoms with Gasteiger partial charge in [0.2, 0.25) is 0 Å². The largest absolute Gasteiger partial charge is 0.337 e. The monoisotopic (exact) mass is 321 g/mol. The van der Waals surface area contributed by atoms with Crippen molar-refractivity contribution in [3.63, 3.8) is 0 Å². The van der Waals surface area contributed by atoms with Crippen LogP contribution in [0, 0.1) is 6.92 Å². The zero-order valence-electron chi connectivity index (χ0n) is 9.54. The number of aryl methyl sites for hydroxylation is 1. The maximum Gasteiger partial charge on any atom is 0.178 e. The molecule has 0 radical (unpaired) electrons. The molecule has 0 saturated heterocycles. The molecule has 2 heterocycles. The Kier molecular flexibility index (Phi) is 2.84. The van der Waals surface area contributed by atoms with Crippen LogP contribution >= 0.6 is 27.5 Å². The van der Waals surface area contributed by atoms with Crippen molar-refractivity contribution in [3.05, 3.63) is 45.5 Å². The maximum absolute atomic E-state index is 6.01. The van der Waals surface area contributed by atoms with Crippen molar-refractivity contribution in [1.29, 1.82) is 0 Å². The number of rotatable bonds is 1. The van der Waals surface area contributed by atoms with Crippen molar-refractivity contribution in [2.45, 2.75) is 6.92 Å². The van der Waals surface area contributed by atoms with Gasteiger partial charge in [-0.05, 0) is 36.8 Å². The quantitative estimate of drug-likeness (QED) is 0.723. The summed E-state index contributed by atoms with van der Waals surface area (Å²) in [5.41, 5.74) is 3.67. The van der Waals surface area contributed by atoms with Crippen LogP contribution in [0.3, 0.4) is 0 Å². The molecule has 18 heavy (non-hydrogen) atoms. The summed E-state index contributed by atoms with van der Waals surface area (Å²) in [6.07, 6.45) is 1.81. The van der Waals surface area contributed by atoms with Crippen LogP contribution in [0.5, 0.6) is 0 Å². The molecule has 0 unspecified atom stereocenters. The zero-order chi connectivity index (χ0) is 12.7. The zero-order valence-corrected chi connectivity index (χ0v) is 11.9. The molecule has 0 amide bonds. The highest BCUT2D eigenvalue weighted by molar-refractivity contribution is 9.10. The average molecular weight is 323 g/mol. The molecule has 5 heteroatoms. The number of benzene rings is 1. The lowest BCUT2D eigenvalue weighted by molar-refractivity contribution is 1.28. The SMILES string of the molecule is Cc1cnc2nc(-c3cc(Cl)ccc3Br)[nH]c2c1. The molecule has 2 aromatic heterocycles. The lowest BCUT2D eigenvalue weighted by Crippen LogP contribution is -1.82. The molecule has 0 spiro atoms. The first-order valence-corrected chi connectivity index (χ1v) is 6.58. The Bertz CT molecular complexity index is 736. The molecule has 1 aromatic carbocycles. The lowest BCUT2D eigenvalue weighted by Gasteiger charge is -2.00. The molecule has 1 N–H and O–H groups in total. The highest BCUT2D eigenvalue weighted by Crippen LogP contribution is 2.30. The van der Waals surface area contributed by atoms with Gasteiger partial charge in [0, 0.05) is 21.3 Å². The van der Waals surface area contributed by atoms with Crippen LogP contribution in [0.4, 0.5) is 0 Å². The summed E-state index contributed by atoms with van der Waals surface area (Å²) in [5.74, 6) is 0.762. The summed E-state index contributed by atoms with van der Waals surface area (Å²) in [5, 5.41) is 0.679. The number of aromatic nitrogens is 3. The Hall–Kier alpha value is -1.39. The van der Waals surface area contributed by atoms with Gasteiger partial charge in [-0.25, -0.2) is 9.97 Å². The second-order valence-corrected chi connectivity index (χ2v) is 5.38. The molecular formula is C13H9BrClN3. The third kappa shape index (κ3) is 2.02. The highest BCUT2D eigenvalue weighted by atomic mass is 79.9. The molecule has 0 saturated carbocycles. The van der Waals surface area contributed by atoms with E-state index in [0.717, 1.165) is 26.9 Å². The van der Waals surface area contributed by atoms with Crippen molar-refractivity contribution in [1.82, 2.24) is 15.0 Å². The van der Waals surface area contributed by atoms with E-state index in [1.54, 1.807) is 6.20 Å². The maximum atomic E-state index is 6.01. The van der Waals surface area contributed by atoms with Gasteiger partial charge in [0.25, 0.3) is 0 Å². The number of fused-ring (bicyclic) bond motifs is 1. The standard InChI is InChI=1S/C13H9BrClN3/c1-7-4-11-13(16-6-7)18-12(17-11)9-5-8(15)2-3-10(9)14/h2-6H,1H3,(H,16,17,18). The summed E-state index contributed by atoms with van der Waals surface area (Å²) in [6, 6.07) is 7.64. The van der Waals surface area contributed by atoms with E-state index in [1.165, 1.54) is 0 Å². The van der Waals surface area contributed by atoms with E-state index in [-0.39, 0.29) is 0 Å². The molecule has 0 fully saturated rings. The second kappa shape index (κ2) is 4.37. The molecule has 0 aliphatic carbocycles. The molecule has 3 nitrogen and oxygen atoms in total. The Labute approximate surface area is 117 Å². The van der Waals surface area contributed by atoms with Gasteiger partial charge in [0.15, 0.2) is 5.65 Å². The van der Waals surface area contributed by atoms with E-state index >= 15 is 0 Å². The number of hydrogen-bond donors (Lipinski definition) is 1. The molecule has 3 rings (SSSR count). The third-order valence-electron chi connectivity index (χ3n) is 2.66. The van der Waals surface area contributed by atoms with E-state index in [0.29, 0.717) is 10.7 Å². The normalized spacial score (nSPS) is 11.1. The first-order valence-electron chi connectivity index (χ1n) is 5.41. The van der Waals surface area contributed by atoms with Crippen LogP contribution in [0.25, 0.3) is 22.6 Å². The van der Waals surface area contributed by atoms with Crippen LogP contribution in [-0.2, 0) is 0 Å². The number of pyridine rings is 1. The van der Waals surface area contributed by atoms with Gasteiger partial charge in [0.1, 0.15) is 5.82 Å². The minimum absolute atomic E-state index is 0.679. The average Bonchev–Trinajstić information content (AvgIpc) is 2.74. The minimum atomic E-state index is 0.679. The molecule has 0 aliphatic rings. The molecule has 0 aliphatic heterocycles. The van der Waals surface area contributed by atoms with Gasteiger partial charge in [-0.3, -0.25) is 0 Å². The molecule has 90 valence electrons. The molecule has 0 atom stereocenters. The van der Waals surface area contributed by atoms with Gasteiger partial charge >= 0.3 is 0 Å². The Morgan fingerprint density at radius 1 is 1.28 bits per heavy atom. The molecule has 3 aromatic rings. The molecule has 0 bridgehead atoms. The molecular weight excluding hydrogens is 314 g/mol. The smallest absolute Gasteiger partial charge is 0.178 e. The predicted molar refractivity (Wildman–Crippen MR) is 76.8 cm³/mol. The summed E-state index contributed by atoms with van der Waals surface area (Å²) < 4.78 is 0.947. The van der Waals surface area contributed by atoms with Crippen LogP contribution in [-0.4, -0.2) is 15.0 Å². The number of nitrogens with one attached hydrogen (secondary N) is 1. The Morgan fingerprint density at radius 2 is 2.11 bits per heavy atom. The van der Waals surface area contributed by atoms with E-state index in [1.807, 2.05) is 31.2 Å². The van der Waals surface area contributed by atoms with E-state index in [2.05, 4.69) is 30.9 Å². The number of nitrogens with zero attached hydrogens (tertiary/aromatic N) is 2. The van der Waals surface area contributed by atoms with Gasteiger partial charge in [-0.2, -0.15) is 0 Å². The number of halogens is 2. The van der Waals surface area contributed by atoms with Gasteiger partial charge < -0.3 is 4.98 Å². The summed E-state index contributed by atoms with van der Waals surface area (Å²) >= 11 is 9.51. The Morgan fingerprint density at radius 3 is 2.94 bits per heavy atom. The van der Waals surface area contributed by atoms with Crippen LogP contribution < -0.4 is 0 Å². The fraction of sp³-hybridized carbons (Fsp3) is 0.0769. The van der Waals surface area contributed by atoms with Crippen LogP contribution in [0.2, 0.25) is 5.02 Å². The second-order valence-electron chi connectivity index (χ2n) is 4.09. The van der Waals surface area contributed by atoms with Crippen molar-refractivity contribution >= 4 is 38.7 Å². The highest BCUT2D eigenvalue weighted by Gasteiger charge is 2.10. The number of H-pyrrole nitrogens is 1. The van der Waals surface area contributed by atoms with Crippen LogP contribution in [0.15, 0.2) is 34.9 Å². The first kappa shape index (κ1) is 11.7. The van der Waals surface area contributed by atoms with E-state index in [4.69, 9.17) is 11.6 Å². The fourth-order valence-electron chi connectivity index (χ4n) is 1.81. The van der Waals surface area contributed by atoms with Crippen molar-refractivity contribution < 1.29 is 0 Å². The topological polar surface area (TPSA) is 41.6 Å². The third-order valence-corrected chi connectivity index (χ3v) is 3.58. The van der Waals surface area contributed by atoms with Gasteiger partial charge in [-0.1, -0.05) is 27.5 Å². The number of imidazole rings is 1. The van der Waals surface area contributed by atoms with Gasteiger partial charge in [0.05, 0.1) is 5.52 Å². The predicted octanol–water partition coefficient (Wildman–Crippen LogP) is 4.35.